The number of methoxy groups -OCH3 is 2. The van der Waals surface area contributed by atoms with Gasteiger partial charge in [-0.2, -0.15) is 5.26 Å². The third kappa shape index (κ3) is 2.51. The van der Waals surface area contributed by atoms with Crippen LogP contribution in [-0.4, -0.2) is 25.8 Å². The molecule has 1 aromatic rings. The van der Waals surface area contributed by atoms with Crippen LogP contribution in [0.4, 0.5) is 5.69 Å². The molecular weight excluding hydrogens is 264 g/mol. The fourth-order valence-corrected chi connectivity index (χ4v) is 2.61. The summed E-state index contributed by atoms with van der Waals surface area (Å²) in [6.45, 7) is 0. The molecule has 0 aromatic heterocycles. The standard InChI is InChI=1S/C13H12N2O3S/c1-17-10-4-3-5-11(18-2)12(10)15-13-8(6-14)9(16)7-19-13/h3-5,15H,7H2,1-2H3. The van der Waals surface area contributed by atoms with Gasteiger partial charge in [0.2, 0.25) is 0 Å². The largest absolute Gasteiger partial charge is 0.494 e. The summed E-state index contributed by atoms with van der Waals surface area (Å²) in [5.41, 5.74) is 0.760. The van der Waals surface area contributed by atoms with Crippen LogP contribution in [0, 0.1) is 11.3 Å². The highest BCUT2D eigenvalue weighted by molar-refractivity contribution is 8.04. The smallest absolute Gasteiger partial charge is 0.186 e. The molecule has 0 bridgehead atoms. The van der Waals surface area contributed by atoms with Crippen molar-refractivity contribution in [1.29, 1.82) is 5.26 Å². The molecule has 0 amide bonds. The van der Waals surface area contributed by atoms with Crippen molar-refractivity contribution in [1.82, 2.24) is 0 Å². The van der Waals surface area contributed by atoms with Crippen molar-refractivity contribution in [2.75, 3.05) is 25.3 Å². The lowest BCUT2D eigenvalue weighted by Gasteiger charge is -2.15. The van der Waals surface area contributed by atoms with E-state index in [1.54, 1.807) is 32.4 Å². The van der Waals surface area contributed by atoms with Gasteiger partial charge in [-0.15, -0.1) is 0 Å². The Labute approximate surface area is 115 Å². The van der Waals surface area contributed by atoms with Gasteiger partial charge in [-0.05, 0) is 12.1 Å². The zero-order chi connectivity index (χ0) is 13.8. The summed E-state index contributed by atoms with van der Waals surface area (Å²) in [5.74, 6) is 1.29. The molecule has 0 radical (unpaired) electrons. The monoisotopic (exact) mass is 276 g/mol. The van der Waals surface area contributed by atoms with Gasteiger partial charge in [0, 0.05) is 0 Å². The predicted molar refractivity (Wildman–Crippen MR) is 73.3 cm³/mol. The van der Waals surface area contributed by atoms with Crippen molar-refractivity contribution >= 4 is 23.2 Å². The van der Waals surface area contributed by atoms with Crippen LogP contribution >= 0.6 is 11.8 Å². The quantitative estimate of drug-likeness (QED) is 0.908. The van der Waals surface area contributed by atoms with E-state index in [1.165, 1.54) is 11.8 Å². The highest BCUT2D eigenvalue weighted by Gasteiger charge is 2.25. The number of para-hydroxylation sites is 1. The van der Waals surface area contributed by atoms with Gasteiger partial charge in [-0.1, -0.05) is 17.8 Å². The average Bonchev–Trinajstić information content (AvgIpc) is 2.79. The molecule has 1 aromatic carbocycles. The van der Waals surface area contributed by atoms with Gasteiger partial charge >= 0.3 is 0 Å². The number of carbonyl (C=O) groups excluding carboxylic acids is 1. The predicted octanol–water partition coefficient (Wildman–Crippen LogP) is 2.17. The molecule has 98 valence electrons. The molecule has 19 heavy (non-hydrogen) atoms. The zero-order valence-electron chi connectivity index (χ0n) is 10.5. The van der Waals surface area contributed by atoms with E-state index in [2.05, 4.69) is 5.32 Å². The number of nitrogens with one attached hydrogen (secondary N) is 1. The normalized spacial score (nSPS) is 14.3. The molecule has 0 saturated heterocycles. The number of Topliss-reactive ketones (excluding diaryl/α,β-unsaturated/α-hetero) is 1. The third-order valence-corrected chi connectivity index (χ3v) is 3.63. The Hall–Kier alpha value is -2.13. The lowest BCUT2D eigenvalue weighted by atomic mass is 10.2. The summed E-state index contributed by atoms with van der Waals surface area (Å²) in [7, 11) is 3.10. The summed E-state index contributed by atoms with van der Waals surface area (Å²) in [4.78, 5) is 11.5. The minimum Gasteiger partial charge on any atom is -0.494 e. The number of ether oxygens (including phenoxy) is 2. The number of anilines is 1. The van der Waals surface area contributed by atoms with Crippen molar-refractivity contribution in [2.45, 2.75) is 0 Å². The molecule has 0 aliphatic carbocycles. The zero-order valence-corrected chi connectivity index (χ0v) is 11.3. The minimum absolute atomic E-state index is 0.151. The topological polar surface area (TPSA) is 71.3 Å². The first-order chi connectivity index (χ1) is 9.21. The summed E-state index contributed by atoms with van der Waals surface area (Å²) in [6, 6.07) is 7.28. The third-order valence-electron chi connectivity index (χ3n) is 2.63. The highest BCUT2D eigenvalue weighted by Crippen LogP contribution is 2.39. The number of thioether (sulfide) groups is 1. The second-order valence-corrected chi connectivity index (χ2v) is 4.68. The molecule has 1 aliphatic heterocycles. The fraction of sp³-hybridized carbons (Fsp3) is 0.231. The van der Waals surface area contributed by atoms with Crippen molar-refractivity contribution in [3.63, 3.8) is 0 Å². The van der Waals surface area contributed by atoms with E-state index >= 15 is 0 Å². The number of hydrogen-bond acceptors (Lipinski definition) is 6. The second kappa shape index (κ2) is 5.67. The molecule has 2 rings (SSSR count). The van der Waals surface area contributed by atoms with Gasteiger partial charge in [-0.25, -0.2) is 0 Å². The Bertz CT molecular complexity index is 568. The van der Waals surface area contributed by atoms with Crippen molar-refractivity contribution in [3.05, 3.63) is 28.8 Å². The number of rotatable bonds is 4. The minimum atomic E-state index is -0.163. The Kier molecular flexibility index (Phi) is 3.97. The van der Waals surface area contributed by atoms with Crippen LogP contribution < -0.4 is 14.8 Å². The lowest BCUT2D eigenvalue weighted by Crippen LogP contribution is -2.03. The molecule has 0 unspecified atom stereocenters. The molecule has 0 fully saturated rings. The first-order valence-corrected chi connectivity index (χ1v) is 6.48. The molecular formula is C13H12N2O3S. The summed E-state index contributed by atoms with van der Waals surface area (Å²) in [6.07, 6.45) is 0. The van der Waals surface area contributed by atoms with Gasteiger partial charge in [0.25, 0.3) is 0 Å². The second-order valence-electron chi connectivity index (χ2n) is 3.69. The van der Waals surface area contributed by atoms with Crippen LogP contribution in [0.15, 0.2) is 28.8 Å². The first-order valence-electron chi connectivity index (χ1n) is 5.49. The molecule has 1 N–H and O–H groups in total. The van der Waals surface area contributed by atoms with E-state index in [0.717, 1.165) is 0 Å². The number of hydrogen-bond donors (Lipinski definition) is 1. The summed E-state index contributed by atoms with van der Waals surface area (Å²) in [5, 5.41) is 12.6. The van der Waals surface area contributed by atoms with E-state index in [-0.39, 0.29) is 17.1 Å². The van der Waals surface area contributed by atoms with Crippen LogP contribution in [-0.2, 0) is 4.79 Å². The first kappa shape index (κ1) is 13.3. The molecule has 1 heterocycles. The van der Waals surface area contributed by atoms with Crippen molar-refractivity contribution < 1.29 is 14.3 Å². The molecule has 0 atom stereocenters. The van der Waals surface area contributed by atoms with E-state index in [0.29, 0.717) is 22.2 Å². The summed E-state index contributed by atoms with van der Waals surface area (Å²) >= 11 is 1.30. The van der Waals surface area contributed by atoms with Crippen molar-refractivity contribution in [3.8, 4) is 17.6 Å². The average molecular weight is 276 g/mol. The SMILES string of the molecule is COc1cccc(OC)c1NC1=C(C#N)C(=O)CS1. The molecule has 5 nitrogen and oxygen atoms in total. The Morgan fingerprint density at radius 2 is 1.95 bits per heavy atom. The van der Waals surface area contributed by atoms with E-state index in [4.69, 9.17) is 14.7 Å². The molecule has 1 aliphatic rings. The number of carbonyl (C=O) groups is 1. The molecule has 0 saturated carbocycles. The van der Waals surface area contributed by atoms with Crippen LogP contribution in [0.1, 0.15) is 0 Å². The van der Waals surface area contributed by atoms with Crippen LogP contribution in [0.5, 0.6) is 11.5 Å². The fourth-order valence-electron chi connectivity index (χ4n) is 1.71. The van der Waals surface area contributed by atoms with Gasteiger partial charge in [0.05, 0.1) is 25.0 Å². The molecule has 6 heteroatoms. The number of allylic oxidation sites excluding steroid dienone is 1. The van der Waals surface area contributed by atoms with Gasteiger partial charge in [0.1, 0.15) is 28.8 Å². The number of benzene rings is 1. The van der Waals surface area contributed by atoms with E-state index in [9.17, 15) is 4.79 Å². The van der Waals surface area contributed by atoms with Gasteiger partial charge in [0.15, 0.2) is 5.78 Å². The van der Waals surface area contributed by atoms with Gasteiger partial charge < -0.3 is 14.8 Å². The van der Waals surface area contributed by atoms with Crippen LogP contribution in [0.25, 0.3) is 0 Å². The number of ketones is 1. The van der Waals surface area contributed by atoms with Crippen LogP contribution in [0.3, 0.4) is 0 Å². The Morgan fingerprint density at radius 3 is 2.47 bits per heavy atom. The maximum atomic E-state index is 11.5. The van der Waals surface area contributed by atoms with E-state index < -0.39 is 0 Å². The maximum Gasteiger partial charge on any atom is 0.186 e. The Balaban J connectivity index is 2.42. The van der Waals surface area contributed by atoms with E-state index in [1.807, 2.05) is 6.07 Å². The number of nitrogens with zero attached hydrogens (tertiary/aromatic N) is 1. The van der Waals surface area contributed by atoms with Gasteiger partial charge in [-0.3, -0.25) is 4.79 Å². The molecule has 0 spiro atoms. The lowest BCUT2D eigenvalue weighted by molar-refractivity contribution is -0.112. The van der Waals surface area contributed by atoms with Crippen LogP contribution in [0.2, 0.25) is 0 Å². The number of nitriles is 1. The Morgan fingerprint density at radius 1 is 1.32 bits per heavy atom. The highest BCUT2D eigenvalue weighted by atomic mass is 32.2. The maximum absolute atomic E-state index is 11.5. The van der Waals surface area contributed by atoms with Crippen molar-refractivity contribution in [2.24, 2.45) is 0 Å². The summed E-state index contributed by atoms with van der Waals surface area (Å²) < 4.78 is 10.5.